The van der Waals surface area contributed by atoms with E-state index in [1.165, 1.54) is 11.3 Å². The lowest BCUT2D eigenvalue weighted by Crippen LogP contribution is -2.38. The number of halogens is 1. The van der Waals surface area contributed by atoms with Gasteiger partial charge in [-0.3, -0.25) is 4.99 Å². The van der Waals surface area contributed by atoms with Gasteiger partial charge in [-0.15, -0.1) is 0 Å². The van der Waals surface area contributed by atoms with Crippen molar-refractivity contribution in [2.24, 2.45) is 4.99 Å². The molecule has 21 heavy (non-hydrogen) atoms. The van der Waals surface area contributed by atoms with E-state index in [0.717, 1.165) is 56.9 Å². The molecule has 0 unspecified atom stereocenters. The lowest BCUT2D eigenvalue weighted by Gasteiger charge is -2.31. The molecule has 6 heteroatoms. The third-order valence-electron chi connectivity index (χ3n) is 3.89. The predicted molar refractivity (Wildman–Crippen MR) is 86.3 cm³/mol. The van der Waals surface area contributed by atoms with Gasteiger partial charge in [0.25, 0.3) is 0 Å². The predicted octanol–water partition coefficient (Wildman–Crippen LogP) is 1.57. The van der Waals surface area contributed by atoms with Gasteiger partial charge in [0.2, 0.25) is 0 Å². The Hall–Kier alpha value is -1.46. The van der Waals surface area contributed by atoms with Gasteiger partial charge in [0, 0.05) is 43.9 Å². The summed E-state index contributed by atoms with van der Waals surface area (Å²) in [5.74, 6) is 0.961. The Morgan fingerprint density at radius 1 is 1.29 bits per heavy atom. The first kappa shape index (κ1) is 14.5. The van der Waals surface area contributed by atoms with Crippen LogP contribution in [0, 0.1) is 0 Å². The molecule has 2 heterocycles. The average Bonchev–Trinajstić information content (AvgIpc) is 2.91. The molecule has 2 aliphatic rings. The normalized spacial score (nSPS) is 18.9. The van der Waals surface area contributed by atoms with Gasteiger partial charge in [0.15, 0.2) is 5.96 Å². The van der Waals surface area contributed by atoms with Crippen LogP contribution in [0.3, 0.4) is 0 Å². The molecule has 0 radical (unpaired) electrons. The second-order valence-electron chi connectivity index (χ2n) is 5.35. The molecule has 3 rings (SSSR count). The number of nitrogens with one attached hydrogen (secondary N) is 1. The lowest BCUT2D eigenvalue weighted by molar-refractivity contribution is 0.122. The zero-order valence-corrected chi connectivity index (χ0v) is 13.1. The number of anilines is 1. The minimum Gasteiger partial charge on any atom is -0.378 e. The van der Waals surface area contributed by atoms with E-state index in [-0.39, 0.29) is 0 Å². The number of likely N-dealkylation sites (N-methyl/N-ethyl adjacent to an activating group) is 1. The van der Waals surface area contributed by atoms with E-state index in [0.29, 0.717) is 0 Å². The van der Waals surface area contributed by atoms with E-state index in [9.17, 15) is 0 Å². The molecule has 1 fully saturated rings. The average molecular weight is 309 g/mol. The summed E-state index contributed by atoms with van der Waals surface area (Å²) in [6.45, 7) is 6.00. The van der Waals surface area contributed by atoms with Crippen LogP contribution in [0.15, 0.2) is 23.2 Å². The largest absolute Gasteiger partial charge is 0.378 e. The summed E-state index contributed by atoms with van der Waals surface area (Å²) in [6, 6.07) is 6.09. The molecular formula is C15H21ClN4O. The highest BCUT2D eigenvalue weighted by atomic mass is 35.5. The first-order valence-electron chi connectivity index (χ1n) is 7.34. The quantitative estimate of drug-likeness (QED) is 0.920. The van der Waals surface area contributed by atoms with Crippen LogP contribution in [0.4, 0.5) is 5.69 Å². The van der Waals surface area contributed by atoms with Crippen molar-refractivity contribution in [2.75, 3.05) is 51.3 Å². The van der Waals surface area contributed by atoms with Crippen molar-refractivity contribution in [1.29, 1.82) is 0 Å². The second kappa shape index (κ2) is 6.54. The van der Waals surface area contributed by atoms with Crippen molar-refractivity contribution in [3.05, 3.63) is 28.8 Å². The molecule has 114 valence electrons. The monoisotopic (exact) mass is 308 g/mol. The SMILES string of the molecule is CN1CCN=C1NCc1cc(Cl)ccc1N1CCOCC1. The highest BCUT2D eigenvalue weighted by Crippen LogP contribution is 2.25. The van der Waals surface area contributed by atoms with Crippen molar-refractivity contribution in [3.63, 3.8) is 0 Å². The van der Waals surface area contributed by atoms with E-state index in [1.54, 1.807) is 0 Å². The fourth-order valence-electron chi connectivity index (χ4n) is 2.71. The van der Waals surface area contributed by atoms with Crippen LogP contribution < -0.4 is 10.2 Å². The zero-order chi connectivity index (χ0) is 14.7. The maximum atomic E-state index is 6.17. The van der Waals surface area contributed by atoms with E-state index >= 15 is 0 Å². The summed E-state index contributed by atoms with van der Waals surface area (Å²) < 4.78 is 5.43. The number of aliphatic imine (C=N–C) groups is 1. The Morgan fingerprint density at radius 2 is 2.10 bits per heavy atom. The zero-order valence-electron chi connectivity index (χ0n) is 12.3. The Kier molecular flexibility index (Phi) is 4.51. The van der Waals surface area contributed by atoms with Crippen LogP contribution in [0.5, 0.6) is 0 Å². The molecule has 0 spiro atoms. The molecule has 2 aliphatic heterocycles. The first-order valence-corrected chi connectivity index (χ1v) is 7.72. The molecular weight excluding hydrogens is 288 g/mol. The summed E-state index contributed by atoms with van der Waals surface area (Å²) in [5.41, 5.74) is 2.43. The number of guanidine groups is 1. The summed E-state index contributed by atoms with van der Waals surface area (Å²) in [5, 5.41) is 4.18. The standard InChI is InChI=1S/C15H21ClN4O/c1-19-5-4-17-15(19)18-11-12-10-13(16)2-3-14(12)20-6-8-21-9-7-20/h2-3,10H,4-9,11H2,1H3,(H,17,18). The first-order chi connectivity index (χ1) is 10.2. The van der Waals surface area contributed by atoms with Crippen LogP contribution in [0.1, 0.15) is 5.56 Å². The van der Waals surface area contributed by atoms with Gasteiger partial charge in [-0.1, -0.05) is 11.6 Å². The molecule has 5 nitrogen and oxygen atoms in total. The smallest absolute Gasteiger partial charge is 0.194 e. The molecule has 0 atom stereocenters. The molecule has 1 saturated heterocycles. The van der Waals surface area contributed by atoms with Crippen LogP contribution in [-0.2, 0) is 11.3 Å². The van der Waals surface area contributed by atoms with Gasteiger partial charge in [-0.25, -0.2) is 0 Å². The highest BCUT2D eigenvalue weighted by Gasteiger charge is 2.17. The fraction of sp³-hybridized carbons (Fsp3) is 0.533. The molecule has 0 saturated carbocycles. The molecule has 1 aromatic rings. The topological polar surface area (TPSA) is 40.1 Å². The number of ether oxygens (including phenoxy) is 1. The van der Waals surface area contributed by atoms with Crippen molar-refractivity contribution in [3.8, 4) is 0 Å². The number of benzene rings is 1. The Balaban J connectivity index is 1.74. The van der Waals surface area contributed by atoms with E-state index < -0.39 is 0 Å². The summed E-state index contributed by atoms with van der Waals surface area (Å²) >= 11 is 6.17. The number of hydrogen-bond donors (Lipinski definition) is 1. The Morgan fingerprint density at radius 3 is 2.81 bits per heavy atom. The minimum absolute atomic E-state index is 0.733. The van der Waals surface area contributed by atoms with Crippen LogP contribution in [-0.4, -0.2) is 57.3 Å². The second-order valence-corrected chi connectivity index (χ2v) is 5.79. The summed E-state index contributed by atoms with van der Waals surface area (Å²) in [4.78, 5) is 8.96. The summed E-state index contributed by atoms with van der Waals surface area (Å²) in [7, 11) is 2.06. The molecule has 0 amide bonds. The molecule has 1 N–H and O–H groups in total. The van der Waals surface area contributed by atoms with Crippen molar-refractivity contribution >= 4 is 23.2 Å². The number of hydrogen-bond acceptors (Lipinski definition) is 5. The van der Waals surface area contributed by atoms with Gasteiger partial charge in [0.1, 0.15) is 0 Å². The minimum atomic E-state index is 0.733. The third-order valence-corrected chi connectivity index (χ3v) is 4.12. The van der Waals surface area contributed by atoms with Crippen molar-refractivity contribution in [2.45, 2.75) is 6.54 Å². The van der Waals surface area contributed by atoms with E-state index in [4.69, 9.17) is 16.3 Å². The van der Waals surface area contributed by atoms with Gasteiger partial charge < -0.3 is 19.9 Å². The maximum Gasteiger partial charge on any atom is 0.194 e. The van der Waals surface area contributed by atoms with Crippen LogP contribution >= 0.6 is 11.6 Å². The maximum absolute atomic E-state index is 6.17. The van der Waals surface area contributed by atoms with Gasteiger partial charge >= 0.3 is 0 Å². The number of rotatable bonds is 3. The van der Waals surface area contributed by atoms with Crippen molar-refractivity contribution in [1.82, 2.24) is 10.2 Å². The summed E-state index contributed by atoms with van der Waals surface area (Å²) in [6.07, 6.45) is 0. The molecule has 1 aromatic carbocycles. The molecule has 0 bridgehead atoms. The van der Waals surface area contributed by atoms with Gasteiger partial charge in [0.05, 0.1) is 19.8 Å². The molecule has 0 aliphatic carbocycles. The lowest BCUT2D eigenvalue weighted by atomic mass is 10.1. The van der Waals surface area contributed by atoms with E-state index in [2.05, 4.69) is 33.2 Å². The molecule has 0 aromatic heterocycles. The third kappa shape index (κ3) is 3.41. The number of morpholine rings is 1. The Bertz CT molecular complexity index is 528. The van der Waals surface area contributed by atoms with Crippen molar-refractivity contribution < 1.29 is 4.74 Å². The van der Waals surface area contributed by atoms with E-state index in [1.807, 2.05) is 12.1 Å². The van der Waals surface area contributed by atoms with Crippen LogP contribution in [0.25, 0.3) is 0 Å². The highest BCUT2D eigenvalue weighted by molar-refractivity contribution is 6.30. The number of nitrogens with zero attached hydrogens (tertiary/aromatic N) is 3. The van der Waals surface area contributed by atoms with Gasteiger partial charge in [-0.2, -0.15) is 0 Å². The Labute approximate surface area is 130 Å². The van der Waals surface area contributed by atoms with Gasteiger partial charge in [-0.05, 0) is 23.8 Å². The fourth-order valence-corrected chi connectivity index (χ4v) is 2.90. The van der Waals surface area contributed by atoms with Crippen LogP contribution in [0.2, 0.25) is 5.02 Å².